The largest absolute Gasteiger partial charge is 0.376 e. The van der Waals surface area contributed by atoms with Gasteiger partial charge in [0, 0.05) is 38.2 Å². The van der Waals surface area contributed by atoms with Crippen LogP contribution in [0.5, 0.6) is 0 Å². The number of amides is 1. The monoisotopic (exact) mass is 456 g/mol. The van der Waals surface area contributed by atoms with Crippen molar-refractivity contribution >= 4 is 21.8 Å². The van der Waals surface area contributed by atoms with E-state index in [1.54, 1.807) is 24.3 Å². The average molecular weight is 457 g/mol. The van der Waals surface area contributed by atoms with Crippen LogP contribution in [0.1, 0.15) is 30.0 Å². The first-order valence-electron chi connectivity index (χ1n) is 10.8. The molecule has 2 N–H and O–H groups in total. The Morgan fingerprint density at radius 2 is 2.03 bits per heavy atom. The maximum atomic E-state index is 12.3. The molecule has 0 spiro atoms. The number of morpholine rings is 1. The fourth-order valence-corrected chi connectivity index (χ4v) is 5.19. The van der Waals surface area contributed by atoms with E-state index in [-0.39, 0.29) is 29.9 Å². The highest BCUT2D eigenvalue weighted by Crippen LogP contribution is 2.22. The van der Waals surface area contributed by atoms with Crippen molar-refractivity contribution in [2.75, 3.05) is 26.2 Å². The number of rotatable bonds is 7. The first-order valence-corrected chi connectivity index (χ1v) is 12.2. The lowest BCUT2D eigenvalue weighted by atomic mass is 10.1. The zero-order chi connectivity index (χ0) is 22.6. The van der Waals surface area contributed by atoms with E-state index in [0.717, 1.165) is 31.8 Å². The van der Waals surface area contributed by atoms with E-state index < -0.39 is 10.0 Å². The van der Waals surface area contributed by atoms with Crippen LogP contribution in [0.15, 0.2) is 58.4 Å². The van der Waals surface area contributed by atoms with Crippen LogP contribution in [-0.4, -0.2) is 57.4 Å². The number of hydrogen-bond donors (Lipinski definition) is 2. The Labute approximate surface area is 188 Å². The number of fused-ring (bicyclic) bond motifs is 1. The van der Waals surface area contributed by atoms with Crippen LogP contribution in [0.25, 0.3) is 0 Å². The van der Waals surface area contributed by atoms with Crippen LogP contribution < -0.4 is 10.0 Å². The van der Waals surface area contributed by atoms with E-state index in [0.29, 0.717) is 17.9 Å². The predicted octanol–water partition coefficient (Wildman–Crippen LogP) is 1.65. The molecule has 1 saturated heterocycles. The van der Waals surface area contributed by atoms with Crippen LogP contribution >= 0.6 is 0 Å². The van der Waals surface area contributed by atoms with Gasteiger partial charge in [0.1, 0.15) is 5.84 Å². The predicted molar refractivity (Wildman–Crippen MR) is 122 cm³/mol. The van der Waals surface area contributed by atoms with Crippen LogP contribution in [0.4, 0.5) is 0 Å². The van der Waals surface area contributed by atoms with Gasteiger partial charge in [0.05, 0.1) is 24.2 Å². The zero-order valence-electron chi connectivity index (χ0n) is 18.1. The van der Waals surface area contributed by atoms with Gasteiger partial charge in [-0.3, -0.25) is 19.4 Å². The van der Waals surface area contributed by atoms with E-state index in [1.165, 1.54) is 5.56 Å². The summed E-state index contributed by atoms with van der Waals surface area (Å²) in [5.74, 6) is 0.162. The minimum Gasteiger partial charge on any atom is -0.376 e. The SMILES string of the molecule is CC1CN(Cc2cccc(CNC(=O)CCN=C3NS(=O)(=O)c4ccccc43)c2)CCO1. The van der Waals surface area contributed by atoms with Gasteiger partial charge in [-0.05, 0) is 30.2 Å². The molecule has 2 heterocycles. The number of ether oxygens (including phenoxy) is 1. The lowest BCUT2D eigenvalue weighted by molar-refractivity contribution is -0.121. The van der Waals surface area contributed by atoms with E-state index >= 15 is 0 Å². The highest BCUT2D eigenvalue weighted by atomic mass is 32.2. The molecule has 0 radical (unpaired) electrons. The Hall–Kier alpha value is -2.75. The van der Waals surface area contributed by atoms with Gasteiger partial charge in [0.2, 0.25) is 5.91 Å². The zero-order valence-corrected chi connectivity index (χ0v) is 18.9. The number of carbonyl (C=O) groups is 1. The number of hydrogen-bond acceptors (Lipinski definition) is 6. The van der Waals surface area contributed by atoms with Crippen molar-refractivity contribution in [2.24, 2.45) is 4.99 Å². The molecule has 8 nitrogen and oxygen atoms in total. The molecule has 1 amide bonds. The van der Waals surface area contributed by atoms with Gasteiger partial charge >= 0.3 is 0 Å². The average Bonchev–Trinajstić information content (AvgIpc) is 3.03. The van der Waals surface area contributed by atoms with E-state index in [2.05, 4.69) is 39.0 Å². The first-order chi connectivity index (χ1) is 15.4. The number of benzene rings is 2. The number of sulfonamides is 1. The molecule has 2 aliphatic rings. The molecule has 0 aromatic heterocycles. The van der Waals surface area contributed by atoms with Crippen molar-refractivity contribution in [1.29, 1.82) is 0 Å². The van der Waals surface area contributed by atoms with Crippen LogP contribution in [0.3, 0.4) is 0 Å². The van der Waals surface area contributed by atoms with Crippen molar-refractivity contribution < 1.29 is 17.9 Å². The molecule has 2 aliphatic heterocycles. The molecule has 0 saturated carbocycles. The Morgan fingerprint density at radius 1 is 1.22 bits per heavy atom. The molecule has 1 unspecified atom stereocenters. The van der Waals surface area contributed by atoms with Gasteiger partial charge in [-0.1, -0.05) is 36.4 Å². The molecule has 0 aliphatic carbocycles. The van der Waals surface area contributed by atoms with Crippen molar-refractivity contribution in [3.05, 3.63) is 65.2 Å². The summed E-state index contributed by atoms with van der Waals surface area (Å²) >= 11 is 0. The minimum absolute atomic E-state index is 0.129. The second-order valence-corrected chi connectivity index (χ2v) is 9.75. The van der Waals surface area contributed by atoms with Gasteiger partial charge in [0.15, 0.2) is 0 Å². The molecule has 0 bridgehead atoms. The van der Waals surface area contributed by atoms with Gasteiger partial charge in [-0.25, -0.2) is 8.42 Å². The van der Waals surface area contributed by atoms with E-state index in [4.69, 9.17) is 4.74 Å². The Bertz CT molecular complexity index is 1120. The van der Waals surface area contributed by atoms with Crippen molar-refractivity contribution in [1.82, 2.24) is 14.9 Å². The van der Waals surface area contributed by atoms with Crippen LogP contribution in [0.2, 0.25) is 0 Å². The van der Waals surface area contributed by atoms with Crippen LogP contribution in [0, 0.1) is 0 Å². The van der Waals surface area contributed by atoms with E-state index in [9.17, 15) is 13.2 Å². The normalized spacial score (nSPS) is 21.2. The highest BCUT2D eigenvalue weighted by molar-refractivity contribution is 7.90. The number of carbonyl (C=O) groups excluding carboxylic acids is 1. The summed E-state index contributed by atoms with van der Waals surface area (Å²) in [6.45, 7) is 6.20. The Kier molecular flexibility index (Phi) is 6.88. The summed E-state index contributed by atoms with van der Waals surface area (Å²) < 4.78 is 32.3. The van der Waals surface area contributed by atoms with Crippen molar-refractivity contribution in [3.63, 3.8) is 0 Å². The van der Waals surface area contributed by atoms with Crippen molar-refractivity contribution in [2.45, 2.75) is 37.4 Å². The quantitative estimate of drug-likeness (QED) is 0.660. The summed E-state index contributed by atoms with van der Waals surface area (Å²) in [7, 11) is -3.56. The molecule has 2 aromatic rings. The summed E-state index contributed by atoms with van der Waals surface area (Å²) in [5, 5.41) is 2.92. The third kappa shape index (κ3) is 5.53. The fraction of sp³-hybridized carbons (Fsp3) is 0.391. The third-order valence-electron chi connectivity index (χ3n) is 5.48. The summed E-state index contributed by atoms with van der Waals surface area (Å²) in [4.78, 5) is 19.1. The van der Waals surface area contributed by atoms with Crippen molar-refractivity contribution in [3.8, 4) is 0 Å². The molecule has 2 aromatic carbocycles. The van der Waals surface area contributed by atoms with E-state index in [1.807, 2.05) is 12.1 Å². The van der Waals surface area contributed by atoms with Gasteiger partial charge < -0.3 is 10.1 Å². The number of amidine groups is 1. The lowest BCUT2D eigenvalue weighted by Crippen LogP contribution is -2.40. The van der Waals surface area contributed by atoms with Gasteiger partial charge in [-0.15, -0.1) is 0 Å². The summed E-state index contributed by atoms with van der Waals surface area (Å²) in [6.07, 6.45) is 0.432. The molecule has 1 atom stereocenters. The number of nitrogens with one attached hydrogen (secondary N) is 2. The minimum atomic E-state index is -3.56. The second-order valence-electron chi connectivity index (χ2n) is 8.10. The lowest BCUT2D eigenvalue weighted by Gasteiger charge is -2.31. The maximum absolute atomic E-state index is 12.3. The molecule has 9 heteroatoms. The first kappa shape index (κ1) is 22.4. The molecular weight excluding hydrogens is 428 g/mol. The number of nitrogens with zero attached hydrogens (tertiary/aromatic N) is 2. The highest BCUT2D eigenvalue weighted by Gasteiger charge is 2.29. The summed E-state index contributed by atoms with van der Waals surface area (Å²) in [5.41, 5.74) is 2.80. The number of aliphatic imine (C=N–C) groups is 1. The standard InChI is InChI=1S/C23H28N4O4S/c1-17-15-27(11-12-31-17)16-19-6-4-5-18(13-19)14-25-22(28)9-10-24-23-20-7-2-3-8-21(20)32(29,30)26-23/h2-8,13,17H,9-12,14-16H2,1H3,(H,24,26)(H,25,28). The Balaban J connectivity index is 1.26. The molecule has 170 valence electrons. The van der Waals surface area contributed by atoms with Gasteiger partial charge in [0.25, 0.3) is 10.0 Å². The molecule has 32 heavy (non-hydrogen) atoms. The fourth-order valence-electron chi connectivity index (χ4n) is 3.94. The second kappa shape index (κ2) is 9.81. The molecular formula is C23H28N4O4S. The smallest absolute Gasteiger partial charge is 0.263 e. The maximum Gasteiger partial charge on any atom is 0.263 e. The molecule has 1 fully saturated rings. The summed E-state index contributed by atoms with van der Waals surface area (Å²) in [6, 6.07) is 14.9. The van der Waals surface area contributed by atoms with Gasteiger partial charge in [-0.2, -0.15) is 0 Å². The topological polar surface area (TPSA) is 100 Å². The van der Waals surface area contributed by atoms with Crippen LogP contribution in [-0.2, 0) is 32.6 Å². The molecule has 4 rings (SSSR count). The Morgan fingerprint density at radius 3 is 2.88 bits per heavy atom. The third-order valence-corrected chi connectivity index (χ3v) is 6.88.